The van der Waals surface area contributed by atoms with Gasteiger partial charge in [0.25, 0.3) is 0 Å². The van der Waals surface area contributed by atoms with E-state index < -0.39 is 5.41 Å². The van der Waals surface area contributed by atoms with Gasteiger partial charge in [0.2, 0.25) is 11.8 Å². The van der Waals surface area contributed by atoms with E-state index in [0.29, 0.717) is 30.4 Å². The summed E-state index contributed by atoms with van der Waals surface area (Å²) < 4.78 is 1.55. The maximum absolute atomic E-state index is 6.11. The van der Waals surface area contributed by atoms with Crippen molar-refractivity contribution < 1.29 is 0 Å². The average Bonchev–Trinajstić information content (AvgIpc) is 3.14. The molecule has 0 radical (unpaired) electrons. The van der Waals surface area contributed by atoms with Crippen molar-refractivity contribution in [3.63, 3.8) is 0 Å². The minimum Gasteiger partial charge on any atom is -0.368 e. The fraction of sp³-hybridized carbons (Fsp3) is 0.429. The molecule has 24 heavy (non-hydrogen) atoms. The normalized spacial score (nSPS) is 24.7. The molecular weight excluding hydrogens is 308 g/mol. The third-order valence-electron chi connectivity index (χ3n) is 4.30. The van der Waals surface area contributed by atoms with E-state index in [1.54, 1.807) is 17.1 Å². The van der Waals surface area contributed by atoms with Gasteiger partial charge in [0.05, 0.1) is 12.2 Å². The van der Waals surface area contributed by atoms with Gasteiger partial charge in [-0.15, -0.1) is 5.10 Å². The zero-order valence-electron chi connectivity index (χ0n) is 13.5. The summed E-state index contributed by atoms with van der Waals surface area (Å²) in [6.07, 6.45) is 4.81. The Morgan fingerprint density at radius 3 is 2.83 bits per heavy atom. The molecule has 0 saturated heterocycles. The highest BCUT2D eigenvalue weighted by Gasteiger charge is 2.49. The summed E-state index contributed by atoms with van der Waals surface area (Å²) in [5.41, 5.74) is 12.6. The summed E-state index contributed by atoms with van der Waals surface area (Å²) in [5.74, 6) is 1.44. The van der Waals surface area contributed by atoms with Crippen molar-refractivity contribution in [2.24, 2.45) is 21.6 Å². The van der Waals surface area contributed by atoms with Crippen LogP contribution in [0, 0.1) is 6.92 Å². The van der Waals surface area contributed by atoms with Gasteiger partial charge in [-0.2, -0.15) is 9.78 Å². The lowest BCUT2D eigenvalue weighted by molar-refractivity contribution is 0.192. The van der Waals surface area contributed by atoms with E-state index in [1.165, 1.54) is 0 Å². The fourth-order valence-electron chi connectivity index (χ4n) is 3.05. The second-order valence-corrected chi connectivity index (χ2v) is 6.00. The number of nitrogens with two attached hydrogens (primary N) is 2. The van der Waals surface area contributed by atoms with Crippen molar-refractivity contribution >= 4 is 12.2 Å². The number of hydrogen-bond acceptors (Lipinski definition) is 9. The third-order valence-corrected chi connectivity index (χ3v) is 4.30. The van der Waals surface area contributed by atoms with Crippen molar-refractivity contribution in [2.45, 2.75) is 25.4 Å². The van der Waals surface area contributed by atoms with Gasteiger partial charge in [-0.25, -0.2) is 15.0 Å². The van der Waals surface area contributed by atoms with Crippen molar-refractivity contribution in [3.05, 3.63) is 23.9 Å². The van der Waals surface area contributed by atoms with E-state index in [9.17, 15) is 0 Å². The fourth-order valence-corrected chi connectivity index (χ4v) is 3.05. The number of aliphatic imine (C=N–C) groups is 1. The van der Waals surface area contributed by atoms with Crippen LogP contribution < -0.4 is 11.5 Å². The highest BCUT2D eigenvalue weighted by molar-refractivity contribution is 5.87. The molecule has 0 aliphatic carbocycles. The number of rotatable bonds is 3. The first kappa shape index (κ1) is 14.7. The van der Waals surface area contributed by atoms with Crippen LogP contribution in [0.15, 0.2) is 22.5 Å². The number of hydrogen-bond donors (Lipinski definition) is 2. The Hall–Kier alpha value is -2.88. The first-order valence-corrected chi connectivity index (χ1v) is 7.65. The summed E-state index contributed by atoms with van der Waals surface area (Å²) >= 11 is 0. The van der Waals surface area contributed by atoms with Crippen molar-refractivity contribution in [2.75, 3.05) is 13.1 Å². The van der Waals surface area contributed by atoms with E-state index in [1.807, 2.05) is 25.1 Å². The van der Waals surface area contributed by atoms with E-state index in [0.717, 1.165) is 5.69 Å². The molecule has 2 aromatic heterocycles. The summed E-state index contributed by atoms with van der Waals surface area (Å²) in [7, 11) is 0. The van der Waals surface area contributed by atoms with E-state index in [4.69, 9.17) is 11.5 Å². The van der Waals surface area contributed by atoms with Crippen LogP contribution in [0.3, 0.4) is 0 Å². The smallest absolute Gasteiger partial charge is 0.220 e. The van der Waals surface area contributed by atoms with E-state index >= 15 is 0 Å². The Kier molecular flexibility index (Phi) is 3.10. The standard InChI is InChI=1S/C14H18N10/c1-8-9(18-5-4-17-8)10-20-12-14(2)7-19-23(6-3-15)11(14)21-13(16)24(12)22-10/h4-5,7,11H,3,6,15H2,1-2H3,(H2,16,21)/t11?,14-/m1/s1. The minimum atomic E-state index is -0.528. The predicted octanol–water partition coefficient (Wildman–Crippen LogP) is -0.936. The molecule has 4 heterocycles. The van der Waals surface area contributed by atoms with Crippen LogP contribution in [-0.4, -0.2) is 61.2 Å². The summed E-state index contributed by atoms with van der Waals surface area (Å²) in [4.78, 5) is 17.8. The molecule has 2 aliphatic rings. The summed E-state index contributed by atoms with van der Waals surface area (Å²) in [6, 6.07) is 0. The number of aryl methyl sites for hydroxylation is 1. The molecule has 2 aliphatic heterocycles. The van der Waals surface area contributed by atoms with Crippen molar-refractivity contribution in [1.82, 2.24) is 29.7 Å². The number of fused-ring (bicyclic) bond motifs is 3. The molecule has 0 saturated carbocycles. The third kappa shape index (κ3) is 1.92. The highest BCUT2D eigenvalue weighted by Crippen LogP contribution is 2.36. The van der Waals surface area contributed by atoms with Gasteiger partial charge in [-0.3, -0.25) is 9.99 Å². The maximum Gasteiger partial charge on any atom is 0.220 e. The molecule has 0 amide bonds. The second kappa shape index (κ2) is 5.06. The van der Waals surface area contributed by atoms with E-state index in [2.05, 4.69) is 30.1 Å². The number of hydrazone groups is 1. The maximum atomic E-state index is 6.11. The Balaban J connectivity index is 1.83. The second-order valence-electron chi connectivity index (χ2n) is 6.00. The summed E-state index contributed by atoms with van der Waals surface area (Å²) in [5, 5.41) is 10.7. The molecule has 0 spiro atoms. The molecular formula is C14H18N10. The molecule has 2 aromatic rings. The van der Waals surface area contributed by atoms with Gasteiger partial charge in [0, 0.05) is 25.2 Å². The van der Waals surface area contributed by atoms with Gasteiger partial charge in [-0.1, -0.05) is 0 Å². The van der Waals surface area contributed by atoms with Crippen LogP contribution in [0.1, 0.15) is 18.4 Å². The Morgan fingerprint density at radius 2 is 2.08 bits per heavy atom. The molecule has 0 bridgehead atoms. The van der Waals surface area contributed by atoms with Gasteiger partial charge in [0.1, 0.15) is 11.1 Å². The molecule has 1 unspecified atom stereocenters. The van der Waals surface area contributed by atoms with Crippen LogP contribution in [0.2, 0.25) is 0 Å². The molecule has 2 atom stereocenters. The number of nitrogens with zero attached hydrogens (tertiary/aromatic N) is 8. The quantitative estimate of drug-likeness (QED) is 0.743. The van der Waals surface area contributed by atoms with Gasteiger partial charge >= 0.3 is 0 Å². The molecule has 4 N–H and O–H groups in total. The Morgan fingerprint density at radius 1 is 1.29 bits per heavy atom. The average molecular weight is 326 g/mol. The van der Waals surface area contributed by atoms with Crippen LogP contribution >= 0.6 is 0 Å². The van der Waals surface area contributed by atoms with Gasteiger partial charge in [-0.05, 0) is 13.8 Å². The SMILES string of the molecule is Cc1nccnc1-c1nc2n(n1)C(N)=NC1N(CCN)N=C[C@@]21C. The lowest BCUT2D eigenvalue weighted by Gasteiger charge is -2.33. The largest absolute Gasteiger partial charge is 0.368 e. The molecule has 0 aromatic carbocycles. The number of aromatic nitrogens is 5. The predicted molar refractivity (Wildman–Crippen MR) is 88.2 cm³/mol. The topological polar surface area (TPSA) is 136 Å². The Bertz CT molecular complexity index is 853. The lowest BCUT2D eigenvalue weighted by Crippen LogP contribution is -2.50. The van der Waals surface area contributed by atoms with Crippen molar-refractivity contribution in [1.29, 1.82) is 0 Å². The Labute approximate surface area is 138 Å². The van der Waals surface area contributed by atoms with E-state index in [-0.39, 0.29) is 12.1 Å². The minimum absolute atomic E-state index is 0.270. The molecule has 0 fully saturated rings. The molecule has 10 heteroatoms. The molecule has 10 nitrogen and oxygen atoms in total. The van der Waals surface area contributed by atoms with Gasteiger partial charge < -0.3 is 11.5 Å². The lowest BCUT2D eigenvalue weighted by atomic mass is 9.87. The van der Waals surface area contributed by atoms with Crippen LogP contribution in [0.4, 0.5) is 0 Å². The zero-order chi connectivity index (χ0) is 16.9. The molecule has 124 valence electrons. The molecule has 4 rings (SSSR count). The van der Waals surface area contributed by atoms with Crippen LogP contribution in [0.25, 0.3) is 11.5 Å². The first-order valence-electron chi connectivity index (χ1n) is 7.65. The van der Waals surface area contributed by atoms with Crippen LogP contribution in [-0.2, 0) is 5.41 Å². The monoisotopic (exact) mass is 326 g/mol. The van der Waals surface area contributed by atoms with Crippen molar-refractivity contribution in [3.8, 4) is 11.5 Å². The summed E-state index contributed by atoms with van der Waals surface area (Å²) in [6.45, 7) is 4.96. The zero-order valence-corrected chi connectivity index (χ0v) is 13.5. The first-order chi connectivity index (χ1) is 11.5. The van der Waals surface area contributed by atoms with Gasteiger partial charge in [0.15, 0.2) is 12.0 Å². The highest BCUT2D eigenvalue weighted by atomic mass is 15.6. The van der Waals surface area contributed by atoms with Crippen LogP contribution in [0.5, 0.6) is 0 Å².